The predicted molar refractivity (Wildman–Crippen MR) is 306 cm³/mol. The van der Waals surface area contributed by atoms with Gasteiger partial charge in [0.05, 0.1) is 11.1 Å². The fourth-order valence-corrected chi connectivity index (χ4v) is 11.7. The van der Waals surface area contributed by atoms with E-state index in [-0.39, 0.29) is 0 Å². The minimum atomic E-state index is -0.476. The molecule has 1 aliphatic rings. The van der Waals surface area contributed by atoms with Crippen LogP contribution in [0.4, 0.5) is 17.1 Å². The third-order valence-electron chi connectivity index (χ3n) is 14.9. The second-order valence-corrected chi connectivity index (χ2v) is 18.8. The Morgan fingerprint density at radius 2 is 0.917 bits per heavy atom. The summed E-state index contributed by atoms with van der Waals surface area (Å²) in [7, 11) is 0. The molecule has 12 aromatic rings. The predicted octanol–water partition coefficient (Wildman–Crippen LogP) is 19.2. The maximum atomic E-state index is 4.03. The van der Waals surface area contributed by atoms with Crippen LogP contribution < -0.4 is 4.90 Å². The van der Waals surface area contributed by atoms with E-state index in [1.807, 2.05) is 12.2 Å². The molecule has 0 unspecified atom stereocenters. The van der Waals surface area contributed by atoms with E-state index in [1.165, 1.54) is 82.4 Å². The van der Waals surface area contributed by atoms with Crippen molar-refractivity contribution >= 4 is 55.5 Å². The lowest BCUT2D eigenvalue weighted by atomic mass is 9.67. The van der Waals surface area contributed by atoms with Crippen molar-refractivity contribution in [3.63, 3.8) is 0 Å². The van der Waals surface area contributed by atoms with E-state index in [1.54, 1.807) is 0 Å². The maximum absolute atomic E-state index is 4.03. The first-order valence-electron chi connectivity index (χ1n) is 24.9. The van der Waals surface area contributed by atoms with Crippen molar-refractivity contribution in [2.24, 2.45) is 0 Å². The van der Waals surface area contributed by atoms with Gasteiger partial charge >= 0.3 is 0 Å². The summed E-state index contributed by atoms with van der Waals surface area (Å²) in [6, 6.07) is 98.4. The van der Waals surface area contributed by atoms with E-state index in [9.17, 15) is 0 Å². The van der Waals surface area contributed by atoms with Gasteiger partial charge in [-0.2, -0.15) is 0 Å². The Morgan fingerprint density at radius 1 is 0.347 bits per heavy atom. The quantitative estimate of drug-likeness (QED) is 0.0976. The normalized spacial score (nSPS) is 12.6. The second-order valence-electron chi connectivity index (χ2n) is 18.8. The molecule has 0 saturated heterocycles. The molecule has 12 aromatic carbocycles. The molecule has 0 saturated carbocycles. The van der Waals surface area contributed by atoms with E-state index in [4.69, 9.17) is 0 Å². The smallest absolute Gasteiger partial charge is 0.0713 e. The Labute approximate surface area is 421 Å². The van der Waals surface area contributed by atoms with Crippen LogP contribution in [-0.2, 0) is 5.41 Å². The van der Waals surface area contributed by atoms with E-state index in [0.717, 1.165) is 39.3 Å². The van der Waals surface area contributed by atoms with E-state index < -0.39 is 5.41 Å². The molecule has 1 aliphatic carbocycles. The minimum absolute atomic E-state index is 0.476. The Hall–Kier alpha value is -9.30. The molecular weight excluding hydrogens is 867 g/mol. The highest BCUT2D eigenvalue weighted by Crippen LogP contribution is 2.58. The number of fused-ring (bicyclic) bond motifs is 7. The van der Waals surface area contributed by atoms with Crippen LogP contribution in [-0.4, -0.2) is 0 Å². The van der Waals surface area contributed by atoms with Gasteiger partial charge in [-0.1, -0.05) is 243 Å². The summed E-state index contributed by atoms with van der Waals surface area (Å²) in [5.74, 6) is 0. The zero-order valence-corrected chi connectivity index (χ0v) is 39.8. The highest BCUT2D eigenvalue weighted by Gasteiger charge is 2.46. The molecule has 0 aromatic heterocycles. The van der Waals surface area contributed by atoms with Crippen LogP contribution in [0, 0.1) is 0 Å². The number of nitrogens with zero attached hydrogens (tertiary/aromatic N) is 1. The van der Waals surface area contributed by atoms with Gasteiger partial charge in [-0.15, -0.1) is 0 Å². The fourth-order valence-electron chi connectivity index (χ4n) is 11.7. The van der Waals surface area contributed by atoms with Crippen molar-refractivity contribution in [3.05, 3.63) is 313 Å². The molecule has 0 radical (unpaired) electrons. The summed E-state index contributed by atoms with van der Waals surface area (Å²) in [4.78, 5) is 2.44. The molecule has 1 heteroatoms. The van der Waals surface area contributed by atoms with Gasteiger partial charge in [0.1, 0.15) is 0 Å². The van der Waals surface area contributed by atoms with Crippen LogP contribution in [0.1, 0.15) is 27.8 Å². The lowest BCUT2D eigenvalue weighted by Gasteiger charge is -2.34. The molecule has 0 N–H and O–H groups in total. The molecule has 0 atom stereocenters. The molecule has 1 nitrogen and oxygen atoms in total. The first-order chi connectivity index (χ1) is 35.7. The summed E-state index contributed by atoms with van der Waals surface area (Å²) in [5, 5.41) is 7.39. The Morgan fingerprint density at radius 3 is 1.68 bits per heavy atom. The van der Waals surface area contributed by atoms with E-state index in [0.29, 0.717) is 0 Å². The average Bonchev–Trinajstić information content (AvgIpc) is 3.76. The van der Waals surface area contributed by atoms with Gasteiger partial charge in [0.15, 0.2) is 0 Å². The van der Waals surface area contributed by atoms with Crippen molar-refractivity contribution in [2.75, 3.05) is 4.90 Å². The van der Waals surface area contributed by atoms with Crippen LogP contribution in [0.3, 0.4) is 0 Å². The summed E-state index contributed by atoms with van der Waals surface area (Å²) >= 11 is 0. The lowest BCUT2D eigenvalue weighted by molar-refractivity contribution is 0.768. The molecule has 0 fully saturated rings. The Kier molecular flexibility index (Phi) is 10.6. The number of allylic oxidation sites excluding steroid dienone is 2. The second kappa shape index (κ2) is 17.9. The maximum Gasteiger partial charge on any atom is 0.0713 e. The van der Waals surface area contributed by atoms with Crippen molar-refractivity contribution in [2.45, 2.75) is 5.41 Å². The number of rotatable bonds is 10. The van der Waals surface area contributed by atoms with E-state index >= 15 is 0 Å². The summed E-state index contributed by atoms with van der Waals surface area (Å²) in [6.07, 6.45) is 6.06. The summed E-state index contributed by atoms with van der Waals surface area (Å²) in [6.45, 7) is 4.03. The summed E-state index contributed by atoms with van der Waals surface area (Å²) in [5.41, 5.74) is 18.6. The van der Waals surface area contributed by atoms with Crippen LogP contribution in [0.25, 0.3) is 82.9 Å². The highest BCUT2D eigenvalue weighted by molar-refractivity contribution is 6.09. The van der Waals surface area contributed by atoms with Crippen molar-refractivity contribution in [1.82, 2.24) is 0 Å². The number of benzene rings is 12. The zero-order chi connectivity index (χ0) is 48.0. The van der Waals surface area contributed by atoms with Crippen LogP contribution in [0.2, 0.25) is 0 Å². The fraction of sp³-hybridized carbons (Fsp3) is 0.0141. The monoisotopic (exact) mass is 915 g/mol. The largest absolute Gasteiger partial charge is 0.310 e. The number of hydrogen-bond donors (Lipinski definition) is 0. The Bertz CT molecular complexity index is 4010. The van der Waals surface area contributed by atoms with Gasteiger partial charge in [-0.05, 0) is 148 Å². The van der Waals surface area contributed by atoms with Gasteiger partial charge in [-0.3, -0.25) is 0 Å². The standard InChI is InChI=1S/C71H49N/c1-2-3-20-56-45-52-22-10-11-23-54(52)47-66(56)63-31-15-17-36-69(63)72(60-29-18-24-53(46-60)55-40-39-51-38-37-49-21-12-13-30-61(49)65(51)48-55)59-43-41-50(42-44-59)62-33-19-35-68-70(62)64-32-14-16-34-67(64)71(68,57-25-6-4-7-26-57)58-27-8-5-9-28-58/h2-48H,1H2/b20-3-. The van der Waals surface area contributed by atoms with Crippen molar-refractivity contribution < 1.29 is 0 Å². The molecule has 338 valence electrons. The molecular formula is C71H49N. The van der Waals surface area contributed by atoms with Crippen LogP contribution in [0.15, 0.2) is 286 Å². The molecule has 0 spiro atoms. The van der Waals surface area contributed by atoms with Crippen molar-refractivity contribution in [3.8, 4) is 44.5 Å². The third-order valence-corrected chi connectivity index (χ3v) is 14.9. The van der Waals surface area contributed by atoms with Crippen molar-refractivity contribution in [1.29, 1.82) is 0 Å². The van der Waals surface area contributed by atoms with Gasteiger partial charge in [0, 0.05) is 16.9 Å². The van der Waals surface area contributed by atoms with Gasteiger partial charge in [0.2, 0.25) is 0 Å². The average molecular weight is 916 g/mol. The summed E-state index contributed by atoms with van der Waals surface area (Å²) < 4.78 is 0. The molecule has 0 heterocycles. The Balaban J connectivity index is 0.996. The van der Waals surface area contributed by atoms with Gasteiger partial charge in [0.25, 0.3) is 0 Å². The number of anilines is 3. The molecule has 72 heavy (non-hydrogen) atoms. The lowest BCUT2D eigenvalue weighted by Crippen LogP contribution is -2.28. The molecule has 0 bridgehead atoms. The van der Waals surface area contributed by atoms with Gasteiger partial charge in [-0.25, -0.2) is 0 Å². The first kappa shape index (κ1) is 42.8. The zero-order valence-electron chi connectivity index (χ0n) is 39.8. The topological polar surface area (TPSA) is 3.24 Å². The molecule has 0 aliphatic heterocycles. The number of para-hydroxylation sites is 1. The molecule has 0 amide bonds. The minimum Gasteiger partial charge on any atom is -0.310 e. The van der Waals surface area contributed by atoms with Crippen LogP contribution in [0.5, 0.6) is 0 Å². The van der Waals surface area contributed by atoms with Crippen LogP contribution >= 0.6 is 0 Å². The van der Waals surface area contributed by atoms with E-state index in [2.05, 4.69) is 284 Å². The molecule has 13 rings (SSSR count). The van der Waals surface area contributed by atoms with Gasteiger partial charge < -0.3 is 4.90 Å². The highest BCUT2D eigenvalue weighted by atomic mass is 15.1. The third kappa shape index (κ3) is 7.09. The SMILES string of the molecule is C=C/C=C\c1cc2ccccc2cc1-c1ccccc1N(c1ccc(-c2cccc3c2-c2ccccc2C3(c2ccccc2)c2ccccc2)cc1)c1cccc(-c2ccc3ccc4ccccc4c3c2)c1. The first-order valence-corrected chi connectivity index (χ1v) is 24.9. The number of hydrogen-bond acceptors (Lipinski definition) is 1.